The molecule has 102 valence electrons. The minimum atomic E-state index is 0.271. The zero-order valence-corrected chi connectivity index (χ0v) is 12.2. The molecule has 0 spiro atoms. The van der Waals surface area contributed by atoms with E-state index in [0.29, 0.717) is 0 Å². The molecule has 2 rings (SSSR count). The summed E-state index contributed by atoms with van der Waals surface area (Å²) in [5.41, 5.74) is 2.52. The molecule has 1 atom stereocenters. The number of likely N-dealkylation sites (N-methyl/N-ethyl adjacent to an activating group) is 1. The van der Waals surface area contributed by atoms with E-state index in [1.54, 1.807) is 17.5 Å². The van der Waals surface area contributed by atoms with Crippen LogP contribution in [0.4, 0.5) is 0 Å². The second kappa shape index (κ2) is 7.26. The first-order valence-electron chi connectivity index (χ1n) is 6.59. The number of rotatable bonds is 7. The predicted molar refractivity (Wildman–Crippen MR) is 79.8 cm³/mol. The average molecular weight is 276 g/mol. The molecule has 0 bridgehead atoms. The van der Waals surface area contributed by atoms with E-state index < -0.39 is 0 Å². The molecule has 0 fully saturated rings. The zero-order valence-electron chi connectivity index (χ0n) is 11.4. The van der Waals surface area contributed by atoms with Crippen LogP contribution in [0.2, 0.25) is 0 Å². The van der Waals surface area contributed by atoms with Crippen molar-refractivity contribution >= 4 is 11.3 Å². The lowest BCUT2D eigenvalue weighted by atomic mass is 10.0. The Hall–Kier alpha value is -1.39. The van der Waals surface area contributed by atoms with Gasteiger partial charge in [-0.1, -0.05) is 6.92 Å². The van der Waals surface area contributed by atoms with Gasteiger partial charge in [0.2, 0.25) is 0 Å². The van der Waals surface area contributed by atoms with Crippen molar-refractivity contribution in [3.63, 3.8) is 0 Å². The summed E-state index contributed by atoms with van der Waals surface area (Å²) >= 11 is 1.73. The largest absolute Gasteiger partial charge is 0.492 e. The van der Waals surface area contributed by atoms with Gasteiger partial charge in [0.05, 0.1) is 12.8 Å². The van der Waals surface area contributed by atoms with E-state index in [9.17, 15) is 0 Å². The molecule has 2 aromatic heterocycles. The molecule has 1 unspecified atom stereocenters. The van der Waals surface area contributed by atoms with E-state index in [1.165, 1.54) is 11.1 Å². The summed E-state index contributed by atoms with van der Waals surface area (Å²) in [7, 11) is 1.98. The number of nitrogens with zero attached hydrogens (tertiary/aromatic N) is 1. The lowest BCUT2D eigenvalue weighted by Crippen LogP contribution is -2.18. The molecule has 0 aliphatic carbocycles. The molecule has 19 heavy (non-hydrogen) atoms. The van der Waals surface area contributed by atoms with Gasteiger partial charge in [-0.25, -0.2) is 0 Å². The Bertz CT molecular complexity index is 485. The highest BCUT2D eigenvalue weighted by Gasteiger charge is 2.11. The van der Waals surface area contributed by atoms with Crippen LogP contribution in [0.1, 0.15) is 30.5 Å². The van der Waals surface area contributed by atoms with Crippen LogP contribution < -0.4 is 10.1 Å². The van der Waals surface area contributed by atoms with Gasteiger partial charge >= 0.3 is 0 Å². The first kappa shape index (κ1) is 14.0. The van der Waals surface area contributed by atoms with Crippen molar-refractivity contribution in [3.8, 4) is 5.75 Å². The van der Waals surface area contributed by atoms with Crippen LogP contribution in [0.25, 0.3) is 0 Å². The van der Waals surface area contributed by atoms with Crippen LogP contribution in [-0.4, -0.2) is 18.6 Å². The molecular formula is C15H20N2OS. The standard InChI is InChI=1S/C15H20N2OS/c1-3-5-18-14-8-13(9-17-10-14)15(16-2)7-12-4-6-19-11-12/h4,6,8-11,15-16H,3,5,7H2,1-2H3. The smallest absolute Gasteiger partial charge is 0.137 e. The van der Waals surface area contributed by atoms with E-state index in [2.05, 4.69) is 40.1 Å². The SMILES string of the molecule is CCCOc1cncc(C(Cc2ccsc2)NC)c1. The highest BCUT2D eigenvalue weighted by atomic mass is 32.1. The van der Waals surface area contributed by atoms with Crippen molar-refractivity contribution in [2.24, 2.45) is 0 Å². The highest BCUT2D eigenvalue weighted by molar-refractivity contribution is 7.07. The summed E-state index contributed by atoms with van der Waals surface area (Å²) in [6.07, 6.45) is 5.66. The summed E-state index contributed by atoms with van der Waals surface area (Å²) in [4.78, 5) is 4.27. The Morgan fingerprint density at radius 3 is 3.00 bits per heavy atom. The van der Waals surface area contributed by atoms with Gasteiger partial charge in [0.25, 0.3) is 0 Å². The van der Waals surface area contributed by atoms with Gasteiger partial charge < -0.3 is 10.1 Å². The van der Waals surface area contributed by atoms with Crippen LogP contribution >= 0.6 is 11.3 Å². The minimum Gasteiger partial charge on any atom is -0.492 e. The number of hydrogen-bond acceptors (Lipinski definition) is 4. The van der Waals surface area contributed by atoms with Gasteiger partial charge in [0.15, 0.2) is 0 Å². The molecular weight excluding hydrogens is 256 g/mol. The summed E-state index contributed by atoms with van der Waals surface area (Å²) in [6, 6.07) is 4.52. The van der Waals surface area contributed by atoms with Gasteiger partial charge in [0.1, 0.15) is 5.75 Å². The Morgan fingerprint density at radius 2 is 2.32 bits per heavy atom. The lowest BCUT2D eigenvalue weighted by Gasteiger charge is -2.16. The first-order valence-corrected chi connectivity index (χ1v) is 7.54. The highest BCUT2D eigenvalue weighted by Crippen LogP contribution is 2.22. The fourth-order valence-corrected chi connectivity index (χ4v) is 2.64. The second-order valence-electron chi connectivity index (χ2n) is 4.48. The third-order valence-electron chi connectivity index (χ3n) is 2.98. The van der Waals surface area contributed by atoms with E-state index >= 15 is 0 Å². The molecule has 0 saturated heterocycles. The zero-order chi connectivity index (χ0) is 13.5. The maximum Gasteiger partial charge on any atom is 0.137 e. The maximum atomic E-state index is 5.64. The maximum absolute atomic E-state index is 5.64. The Morgan fingerprint density at radius 1 is 1.42 bits per heavy atom. The second-order valence-corrected chi connectivity index (χ2v) is 5.26. The van der Waals surface area contributed by atoms with E-state index in [0.717, 1.165) is 25.2 Å². The van der Waals surface area contributed by atoms with Crippen LogP contribution in [0.15, 0.2) is 35.3 Å². The summed E-state index contributed by atoms with van der Waals surface area (Å²) < 4.78 is 5.64. The van der Waals surface area contributed by atoms with Gasteiger partial charge in [-0.05, 0) is 53.9 Å². The lowest BCUT2D eigenvalue weighted by molar-refractivity contribution is 0.315. The van der Waals surface area contributed by atoms with Crippen molar-refractivity contribution in [2.75, 3.05) is 13.7 Å². The van der Waals surface area contributed by atoms with Crippen LogP contribution in [-0.2, 0) is 6.42 Å². The summed E-state index contributed by atoms with van der Waals surface area (Å²) in [5, 5.41) is 7.65. The Balaban J connectivity index is 2.09. The number of nitrogens with one attached hydrogen (secondary N) is 1. The average Bonchev–Trinajstić information content (AvgIpc) is 2.96. The number of aromatic nitrogens is 1. The third-order valence-corrected chi connectivity index (χ3v) is 3.71. The van der Waals surface area contributed by atoms with Gasteiger partial charge in [0, 0.05) is 12.2 Å². The van der Waals surface area contributed by atoms with E-state index in [4.69, 9.17) is 4.74 Å². The molecule has 0 aromatic carbocycles. The van der Waals surface area contributed by atoms with Crippen molar-refractivity contribution in [1.29, 1.82) is 0 Å². The summed E-state index contributed by atoms with van der Waals surface area (Å²) in [6.45, 7) is 2.84. The quantitative estimate of drug-likeness (QED) is 0.841. The normalized spacial score (nSPS) is 12.3. The number of ether oxygens (including phenoxy) is 1. The number of thiophene rings is 1. The minimum absolute atomic E-state index is 0.271. The van der Waals surface area contributed by atoms with Crippen LogP contribution in [0.5, 0.6) is 5.75 Å². The molecule has 0 radical (unpaired) electrons. The molecule has 1 N–H and O–H groups in total. The Kier molecular flexibility index (Phi) is 5.36. The van der Waals surface area contributed by atoms with Gasteiger partial charge in [-0.3, -0.25) is 4.98 Å². The molecule has 3 nitrogen and oxygen atoms in total. The molecule has 2 heterocycles. The molecule has 2 aromatic rings. The van der Waals surface area contributed by atoms with Crippen LogP contribution in [0, 0.1) is 0 Å². The fourth-order valence-electron chi connectivity index (χ4n) is 1.96. The van der Waals surface area contributed by atoms with Crippen molar-refractivity contribution in [1.82, 2.24) is 10.3 Å². The van der Waals surface area contributed by atoms with E-state index in [-0.39, 0.29) is 6.04 Å². The van der Waals surface area contributed by atoms with Crippen molar-refractivity contribution in [2.45, 2.75) is 25.8 Å². The van der Waals surface area contributed by atoms with Crippen molar-refractivity contribution < 1.29 is 4.74 Å². The van der Waals surface area contributed by atoms with Gasteiger partial charge in [-0.2, -0.15) is 11.3 Å². The van der Waals surface area contributed by atoms with Gasteiger partial charge in [-0.15, -0.1) is 0 Å². The molecule has 0 amide bonds. The van der Waals surface area contributed by atoms with E-state index in [1.807, 2.05) is 13.2 Å². The monoisotopic (exact) mass is 276 g/mol. The Labute approximate surface area is 118 Å². The van der Waals surface area contributed by atoms with Crippen molar-refractivity contribution in [3.05, 3.63) is 46.4 Å². The predicted octanol–water partition coefficient (Wildman–Crippen LogP) is 3.44. The molecule has 4 heteroatoms. The first-order chi connectivity index (χ1) is 9.33. The number of hydrogen-bond donors (Lipinski definition) is 1. The molecule has 0 aliphatic heterocycles. The molecule has 0 saturated carbocycles. The fraction of sp³-hybridized carbons (Fsp3) is 0.400. The summed E-state index contributed by atoms with van der Waals surface area (Å²) in [5.74, 6) is 0.852. The number of pyridine rings is 1. The van der Waals surface area contributed by atoms with Crippen LogP contribution in [0.3, 0.4) is 0 Å². The topological polar surface area (TPSA) is 34.1 Å². The molecule has 0 aliphatic rings. The third kappa shape index (κ3) is 4.04.